The Balaban J connectivity index is 1.57. The lowest BCUT2D eigenvalue weighted by Gasteiger charge is -2.43. The van der Waals surface area contributed by atoms with E-state index in [4.69, 9.17) is 28.9 Å². The van der Waals surface area contributed by atoms with Crippen LogP contribution in [0.3, 0.4) is 0 Å². The molecule has 2 amide bonds. The van der Waals surface area contributed by atoms with Crippen molar-refractivity contribution in [1.82, 2.24) is 14.9 Å². The van der Waals surface area contributed by atoms with Crippen molar-refractivity contribution < 1.29 is 19.1 Å². The number of benzene rings is 1. The van der Waals surface area contributed by atoms with Crippen LogP contribution in [0.4, 0.5) is 21.7 Å². The summed E-state index contributed by atoms with van der Waals surface area (Å²) in [5.41, 5.74) is 6.08. The Labute approximate surface area is 193 Å². The van der Waals surface area contributed by atoms with Crippen molar-refractivity contribution >= 4 is 52.3 Å². The Morgan fingerprint density at radius 3 is 2.53 bits per heavy atom. The molecule has 3 heterocycles. The zero-order valence-electron chi connectivity index (χ0n) is 16.8. The second kappa shape index (κ2) is 9.05. The number of aromatic nitrogens is 2. The minimum atomic E-state index is -1.17. The Kier molecular flexibility index (Phi) is 6.36. The first-order chi connectivity index (χ1) is 15.3. The third-order valence-corrected chi connectivity index (χ3v) is 6.03. The highest BCUT2D eigenvalue weighted by Gasteiger charge is 2.45. The predicted octanol–water partition coefficient (Wildman–Crippen LogP) is 2.07. The molecular weight excluding hydrogens is 462 g/mol. The van der Waals surface area contributed by atoms with Gasteiger partial charge in [0.25, 0.3) is 5.91 Å². The average Bonchev–Trinajstić information content (AvgIpc) is 2.72. The van der Waals surface area contributed by atoms with E-state index in [0.29, 0.717) is 28.6 Å². The van der Waals surface area contributed by atoms with E-state index in [9.17, 15) is 19.1 Å². The van der Waals surface area contributed by atoms with Gasteiger partial charge >= 0.3 is 0 Å². The maximum absolute atomic E-state index is 14.5. The molecule has 1 aromatic carbocycles. The van der Waals surface area contributed by atoms with Crippen LogP contribution < -0.4 is 16.0 Å². The van der Waals surface area contributed by atoms with E-state index < -0.39 is 29.9 Å². The molecule has 12 heteroatoms. The fourth-order valence-corrected chi connectivity index (χ4v) is 4.64. The first kappa shape index (κ1) is 22.5. The number of nitrogens with two attached hydrogens (primary N) is 1. The minimum absolute atomic E-state index is 0.0363. The number of halogens is 3. The van der Waals surface area contributed by atoms with Crippen LogP contribution in [0, 0.1) is 5.82 Å². The summed E-state index contributed by atoms with van der Waals surface area (Å²) in [6, 6.07) is 3.06. The van der Waals surface area contributed by atoms with Crippen LogP contribution in [-0.2, 0) is 9.59 Å². The van der Waals surface area contributed by atoms with Gasteiger partial charge in [0.1, 0.15) is 18.4 Å². The monoisotopic (exact) mass is 482 g/mol. The molecule has 0 aliphatic carbocycles. The van der Waals surface area contributed by atoms with E-state index in [2.05, 4.69) is 15.3 Å². The van der Waals surface area contributed by atoms with Crippen molar-refractivity contribution in [2.45, 2.75) is 37.5 Å². The van der Waals surface area contributed by atoms with E-state index in [-0.39, 0.29) is 37.1 Å². The van der Waals surface area contributed by atoms with E-state index in [1.165, 1.54) is 4.90 Å². The van der Waals surface area contributed by atoms with Crippen LogP contribution in [0.5, 0.6) is 0 Å². The van der Waals surface area contributed by atoms with Crippen molar-refractivity contribution in [3.05, 3.63) is 40.4 Å². The van der Waals surface area contributed by atoms with Gasteiger partial charge in [-0.05, 0) is 37.5 Å². The lowest BCUT2D eigenvalue weighted by molar-refractivity contribution is -0.148. The molecule has 4 rings (SSSR count). The number of amides is 2. The Hall–Kier alpha value is -2.69. The normalized spacial score (nSPS) is 24.1. The van der Waals surface area contributed by atoms with Gasteiger partial charge in [-0.25, -0.2) is 9.97 Å². The number of piperidine rings is 2. The molecule has 0 saturated carbocycles. The van der Waals surface area contributed by atoms with Crippen molar-refractivity contribution in [3.63, 3.8) is 0 Å². The molecular formula is C20H21Cl2FN6O3. The highest BCUT2D eigenvalue weighted by atomic mass is 35.5. The largest absolute Gasteiger partial charge is 0.390 e. The number of nitrogen functional groups attached to an aromatic ring is 1. The molecule has 0 bridgehead atoms. The molecule has 4 N–H and O–H groups in total. The number of aliphatic hydroxyl groups is 1. The third-order valence-electron chi connectivity index (χ3n) is 5.60. The van der Waals surface area contributed by atoms with Crippen LogP contribution in [0.15, 0.2) is 24.5 Å². The summed E-state index contributed by atoms with van der Waals surface area (Å²) < 4.78 is 14.5. The standard InChI is InChI=1S/C20H21Cl2FN6O3/c21-10-6-11(22)8-12(7-10)27-13-2-1-4-28(19(13)31)16-14(30)3-5-29(20(16)32)18-15(23)17(24)25-9-26-18/h6-9,13-14,16,27,30H,1-5H2,(H2,24,25,26)/t13-,14?,16?/m0/s1. The van der Waals surface area contributed by atoms with Gasteiger partial charge < -0.3 is 21.1 Å². The molecule has 0 radical (unpaired) electrons. The summed E-state index contributed by atoms with van der Waals surface area (Å²) in [5.74, 6) is -2.55. The maximum atomic E-state index is 14.5. The molecule has 1 aromatic heterocycles. The molecule has 2 fully saturated rings. The van der Waals surface area contributed by atoms with Gasteiger partial charge in [0.05, 0.1) is 6.10 Å². The summed E-state index contributed by atoms with van der Waals surface area (Å²) in [4.78, 5) is 36.4. The predicted molar refractivity (Wildman–Crippen MR) is 118 cm³/mol. The van der Waals surface area contributed by atoms with Crippen molar-refractivity contribution in [1.29, 1.82) is 0 Å². The number of carbonyl (C=O) groups excluding carboxylic acids is 2. The zero-order chi connectivity index (χ0) is 23.0. The number of carbonyl (C=O) groups is 2. The van der Waals surface area contributed by atoms with Gasteiger partial charge in [-0.3, -0.25) is 14.5 Å². The maximum Gasteiger partial charge on any atom is 0.253 e. The number of hydrogen-bond donors (Lipinski definition) is 3. The smallest absolute Gasteiger partial charge is 0.253 e. The summed E-state index contributed by atoms with van der Waals surface area (Å²) in [7, 11) is 0. The van der Waals surface area contributed by atoms with Crippen LogP contribution in [0.2, 0.25) is 10.0 Å². The Bertz CT molecular complexity index is 1040. The molecule has 2 saturated heterocycles. The first-order valence-corrected chi connectivity index (χ1v) is 10.8. The summed E-state index contributed by atoms with van der Waals surface area (Å²) in [6.45, 7) is 0.317. The van der Waals surface area contributed by atoms with Gasteiger partial charge in [-0.2, -0.15) is 4.39 Å². The number of hydrogen-bond acceptors (Lipinski definition) is 7. The van der Waals surface area contributed by atoms with Crippen molar-refractivity contribution in [2.75, 3.05) is 29.0 Å². The average molecular weight is 483 g/mol. The molecule has 3 atom stereocenters. The van der Waals surface area contributed by atoms with E-state index in [1.54, 1.807) is 18.2 Å². The zero-order valence-corrected chi connectivity index (χ0v) is 18.4. The quantitative estimate of drug-likeness (QED) is 0.608. The number of nitrogens with one attached hydrogen (secondary N) is 1. The molecule has 9 nitrogen and oxygen atoms in total. The molecule has 32 heavy (non-hydrogen) atoms. The lowest BCUT2D eigenvalue weighted by atomic mass is 9.95. The lowest BCUT2D eigenvalue weighted by Crippen LogP contribution is -2.64. The highest BCUT2D eigenvalue weighted by molar-refractivity contribution is 6.35. The second-order valence-electron chi connectivity index (χ2n) is 7.72. The molecule has 170 valence electrons. The van der Waals surface area contributed by atoms with Crippen LogP contribution in [0.25, 0.3) is 0 Å². The highest BCUT2D eigenvalue weighted by Crippen LogP contribution is 2.30. The number of rotatable bonds is 4. The molecule has 2 aliphatic rings. The van der Waals surface area contributed by atoms with Crippen molar-refractivity contribution in [2.24, 2.45) is 0 Å². The molecule has 2 unspecified atom stereocenters. The summed E-state index contributed by atoms with van der Waals surface area (Å²) in [6.07, 6.45) is 1.24. The fourth-order valence-electron chi connectivity index (χ4n) is 4.11. The van der Waals surface area contributed by atoms with E-state index >= 15 is 0 Å². The van der Waals surface area contributed by atoms with Crippen molar-refractivity contribution in [3.8, 4) is 0 Å². The van der Waals surface area contributed by atoms with Gasteiger partial charge in [0, 0.05) is 28.8 Å². The van der Waals surface area contributed by atoms with Gasteiger partial charge in [-0.1, -0.05) is 23.2 Å². The van der Waals surface area contributed by atoms with Crippen LogP contribution in [0.1, 0.15) is 19.3 Å². The Morgan fingerprint density at radius 2 is 1.81 bits per heavy atom. The van der Waals surface area contributed by atoms with Gasteiger partial charge in [0.15, 0.2) is 11.6 Å². The van der Waals surface area contributed by atoms with Crippen LogP contribution >= 0.6 is 23.2 Å². The molecule has 0 spiro atoms. The fraction of sp³-hybridized carbons (Fsp3) is 0.400. The van der Waals surface area contributed by atoms with E-state index in [1.807, 2.05) is 0 Å². The second-order valence-corrected chi connectivity index (χ2v) is 8.59. The Morgan fingerprint density at radius 1 is 1.09 bits per heavy atom. The van der Waals surface area contributed by atoms with Gasteiger partial charge in [0.2, 0.25) is 11.7 Å². The first-order valence-electron chi connectivity index (χ1n) is 10.0. The molecule has 2 aromatic rings. The topological polar surface area (TPSA) is 125 Å². The number of nitrogens with zero attached hydrogens (tertiary/aromatic N) is 4. The van der Waals surface area contributed by atoms with Gasteiger partial charge in [-0.15, -0.1) is 0 Å². The summed E-state index contributed by atoms with van der Waals surface area (Å²) in [5, 5.41) is 14.5. The number of aliphatic hydroxyl groups excluding tert-OH is 1. The summed E-state index contributed by atoms with van der Waals surface area (Å²) >= 11 is 12.1. The molecule has 2 aliphatic heterocycles. The number of likely N-dealkylation sites (tertiary alicyclic amines) is 1. The SMILES string of the molecule is Nc1ncnc(N2CCC(O)C(N3CCC[C@H](Nc4cc(Cl)cc(Cl)c4)C3=O)C2=O)c1F. The third kappa shape index (κ3) is 4.30. The van der Waals surface area contributed by atoms with E-state index in [0.717, 1.165) is 11.2 Å². The number of anilines is 3. The van der Waals surface area contributed by atoms with Crippen LogP contribution in [-0.4, -0.2) is 63.1 Å². The minimum Gasteiger partial charge on any atom is -0.390 e.